The van der Waals surface area contributed by atoms with E-state index in [2.05, 4.69) is 30.3 Å². The Morgan fingerprint density at radius 2 is 1.49 bits per heavy atom. The second kappa shape index (κ2) is 8.77. The molecule has 4 aromatic carbocycles. The Hall–Kier alpha value is -4.12. The van der Waals surface area contributed by atoms with E-state index in [1.165, 1.54) is 5.56 Å². The van der Waals surface area contributed by atoms with Crippen LogP contribution in [0.2, 0.25) is 0 Å². The highest BCUT2D eigenvalue weighted by Crippen LogP contribution is 2.56. The van der Waals surface area contributed by atoms with Gasteiger partial charge in [0.1, 0.15) is 5.75 Å². The van der Waals surface area contributed by atoms with Gasteiger partial charge in [-0.3, -0.25) is 9.59 Å². The summed E-state index contributed by atoms with van der Waals surface area (Å²) in [7, 11) is 1.66. The average molecular weight is 493 g/mol. The first-order valence-electron chi connectivity index (χ1n) is 12.7. The maximum Gasteiger partial charge on any atom is 0.328 e. The van der Waals surface area contributed by atoms with Crippen molar-refractivity contribution in [2.24, 2.45) is 0 Å². The van der Waals surface area contributed by atoms with Crippen molar-refractivity contribution in [3.05, 3.63) is 89.0 Å². The quantitative estimate of drug-likeness (QED) is 0.215. The molecule has 5 nitrogen and oxygen atoms in total. The number of ether oxygens (including phenoxy) is 3. The molecule has 0 heterocycles. The van der Waals surface area contributed by atoms with Gasteiger partial charge in [-0.15, -0.1) is 0 Å². The molecule has 5 heteroatoms. The van der Waals surface area contributed by atoms with Gasteiger partial charge < -0.3 is 14.2 Å². The van der Waals surface area contributed by atoms with Crippen LogP contribution >= 0.6 is 0 Å². The van der Waals surface area contributed by atoms with Crippen LogP contribution in [0.4, 0.5) is 0 Å². The van der Waals surface area contributed by atoms with E-state index < -0.39 is 17.4 Å². The lowest BCUT2D eigenvalue weighted by Crippen LogP contribution is -2.46. The average Bonchev–Trinajstić information content (AvgIpc) is 3.48. The third-order valence-electron chi connectivity index (χ3n) is 7.69. The van der Waals surface area contributed by atoms with E-state index in [0.717, 1.165) is 55.5 Å². The summed E-state index contributed by atoms with van der Waals surface area (Å²) in [5, 5.41) is 1.98. The van der Waals surface area contributed by atoms with Crippen molar-refractivity contribution >= 4 is 22.7 Å². The smallest absolute Gasteiger partial charge is 0.328 e. The molecule has 0 atom stereocenters. The maximum absolute atomic E-state index is 13.8. The zero-order valence-corrected chi connectivity index (χ0v) is 21.2. The number of hydrogen-bond donors (Lipinski definition) is 0. The highest BCUT2D eigenvalue weighted by molar-refractivity contribution is 6.19. The number of hydrogen-bond acceptors (Lipinski definition) is 5. The molecule has 0 saturated carbocycles. The minimum absolute atomic E-state index is 0.186. The van der Waals surface area contributed by atoms with Gasteiger partial charge in [0.05, 0.1) is 20.3 Å². The molecule has 0 unspecified atom stereocenters. The molecule has 0 spiro atoms. The van der Waals surface area contributed by atoms with Crippen LogP contribution in [0.1, 0.15) is 36.1 Å². The Morgan fingerprint density at radius 1 is 0.811 bits per heavy atom. The van der Waals surface area contributed by atoms with E-state index in [9.17, 15) is 9.59 Å². The van der Waals surface area contributed by atoms with E-state index in [1.807, 2.05) is 36.4 Å². The molecule has 0 fully saturated rings. The number of rotatable bonds is 6. The largest absolute Gasteiger partial charge is 0.497 e. The molecule has 2 aliphatic carbocycles. The Labute approximate surface area is 216 Å². The van der Waals surface area contributed by atoms with Gasteiger partial charge in [0.25, 0.3) is 0 Å². The van der Waals surface area contributed by atoms with Crippen molar-refractivity contribution in [1.82, 2.24) is 0 Å². The summed E-state index contributed by atoms with van der Waals surface area (Å²) in [6.07, 6.45) is 0.862. The number of esters is 2. The van der Waals surface area contributed by atoms with E-state index in [0.29, 0.717) is 6.42 Å². The van der Waals surface area contributed by atoms with E-state index >= 15 is 0 Å². The fourth-order valence-corrected chi connectivity index (χ4v) is 6.24. The SMILES string of the molecule is CCOC(=O)C1(C(=O)OCC)Cc2cccc3c(-c4ccc(OC)cc4)c4c(c1c23)Cc1ccccc1-4. The molecule has 0 aliphatic heterocycles. The monoisotopic (exact) mass is 492 g/mol. The van der Waals surface area contributed by atoms with Crippen molar-refractivity contribution < 1.29 is 23.8 Å². The van der Waals surface area contributed by atoms with Crippen molar-refractivity contribution in [3.8, 4) is 28.0 Å². The van der Waals surface area contributed by atoms with Crippen molar-refractivity contribution in [3.63, 3.8) is 0 Å². The molecule has 0 radical (unpaired) electrons. The summed E-state index contributed by atoms with van der Waals surface area (Å²) in [5.74, 6) is -0.294. The van der Waals surface area contributed by atoms with Gasteiger partial charge in [-0.2, -0.15) is 0 Å². The molecule has 6 rings (SSSR count). The summed E-state index contributed by atoms with van der Waals surface area (Å²) < 4.78 is 16.6. The van der Waals surface area contributed by atoms with Gasteiger partial charge in [-0.1, -0.05) is 54.6 Å². The summed E-state index contributed by atoms with van der Waals surface area (Å²) in [4.78, 5) is 27.5. The van der Waals surface area contributed by atoms with Gasteiger partial charge in [-0.25, -0.2) is 0 Å². The highest BCUT2D eigenvalue weighted by Gasteiger charge is 2.57. The van der Waals surface area contributed by atoms with Crippen LogP contribution in [0.25, 0.3) is 33.0 Å². The molecule has 2 aliphatic rings. The van der Waals surface area contributed by atoms with Crippen LogP contribution < -0.4 is 4.74 Å². The molecule has 0 bridgehead atoms. The second-order valence-corrected chi connectivity index (χ2v) is 9.53. The zero-order valence-electron chi connectivity index (χ0n) is 21.2. The predicted octanol–water partition coefficient (Wildman–Crippen LogP) is 6.01. The first-order chi connectivity index (χ1) is 18.0. The molecule has 186 valence electrons. The minimum Gasteiger partial charge on any atom is -0.497 e. The zero-order chi connectivity index (χ0) is 25.7. The van der Waals surface area contributed by atoms with Crippen LogP contribution in [-0.2, 0) is 37.3 Å². The lowest BCUT2D eigenvalue weighted by Gasteiger charge is -2.28. The summed E-state index contributed by atoms with van der Waals surface area (Å²) in [6.45, 7) is 3.90. The maximum atomic E-state index is 13.8. The summed E-state index contributed by atoms with van der Waals surface area (Å²) >= 11 is 0. The molecule has 0 aromatic heterocycles. The van der Waals surface area contributed by atoms with Gasteiger partial charge in [-0.05, 0) is 87.7 Å². The van der Waals surface area contributed by atoms with Crippen molar-refractivity contribution in [2.75, 3.05) is 20.3 Å². The van der Waals surface area contributed by atoms with Crippen LogP contribution in [-0.4, -0.2) is 32.3 Å². The Balaban J connectivity index is 1.76. The number of carbonyl (C=O) groups excluding carboxylic acids is 2. The number of benzene rings is 4. The Kier molecular flexibility index (Phi) is 5.52. The predicted molar refractivity (Wildman–Crippen MR) is 143 cm³/mol. The number of fused-ring (bicyclic) bond motifs is 4. The molecule has 0 saturated heterocycles. The van der Waals surface area contributed by atoms with Gasteiger partial charge in [0.15, 0.2) is 5.41 Å². The van der Waals surface area contributed by atoms with Crippen LogP contribution in [0.5, 0.6) is 5.75 Å². The first kappa shape index (κ1) is 23.3. The molecule has 37 heavy (non-hydrogen) atoms. The van der Waals surface area contributed by atoms with Crippen LogP contribution in [0, 0.1) is 0 Å². The van der Waals surface area contributed by atoms with Crippen LogP contribution in [0.3, 0.4) is 0 Å². The lowest BCUT2D eigenvalue weighted by atomic mass is 9.76. The van der Waals surface area contributed by atoms with Gasteiger partial charge in [0, 0.05) is 6.42 Å². The second-order valence-electron chi connectivity index (χ2n) is 9.53. The fraction of sp³-hybridized carbons (Fsp3) is 0.250. The Bertz CT molecular complexity index is 1550. The van der Waals surface area contributed by atoms with E-state index in [1.54, 1.807) is 21.0 Å². The van der Waals surface area contributed by atoms with Crippen LogP contribution in [0.15, 0.2) is 66.7 Å². The van der Waals surface area contributed by atoms with Crippen molar-refractivity contribution in [2.45, 2.75) is 32.1 Å². The first-order valence-corrected chi connectivity index (χ1v) is 12.7. The fourth-order valence-electron chi connectivity index (χ4n) is 6.24. The standard InChI is InChI=1S/C32H28O5/c1-4-36-30(33)32(31(34)37-5-2)18-21-10-8-12-24-26(19-13-15-22(35-3)16-14-19)28-23-11-7-6-9-20(23)17-25(28)29(32)27(21)24/h6-16H,4-5,17-18H2,1-3H3. The highest BCUT2D eigenvalue weighted by atomic mass is 16.6. The minimum atomic E-state index is -1.53. The molecular weight excluding hydrogens is 464 g/mol. The Morgan fingerprint density at radius 3 is 2.16 bits per heavy atom. The van der Waals surface area contributed by atoms with Gasteiger partial charge >= 0.3 is 11.9 Å². The van der Waals surface area contributed by atoms with Crippen molar-refractivity contribution in [1.29, 1.82) is 0 Å². The molecular formula is C32H28O5. The van der Waals surface area contributed by atoms with E-state index in [4.69, 9.17) is 14.2 Å². The van der Waals surface area contributed by atoms with Gasteiger partial charge in [0.2, 0.25) is 0 Å². The summed E-state index contributed by atoms with van der Waals surface area (Å²) in [6, 6.07) is 22.5. The van der Waals surface area contributed by atoms with E-state index in [-0.39, 0.29) is 19.6 Å². The lowest BCUT2D eigenvalue weighted by molar-refractivity contribution is -0.164. The third-order valence-corrected chi connectivity index (χ3v) is 7.69. The summed E-state index contributed by atoms with van der Waals surface area (Å²) in [5.41, 5.74) is 6.72. The number of methoxy groups -OCH3 is 1. The third kappa shape index (κ3) is 3.23. The molecule has 4 aromatic rings. The normalized spacial score (nSPS) is 14.2. The topological polar surface area (TPSA) is 61.8 Å². The molecule has 0 amide bonds. The molecule has 0 N–H and O–H groups in total. The number of carbonyl (C=O) groups is 2.